The van der Waals surface area contributed by atoms with Crippen molar-refractivity contribution in [1.29, 1.82) is 0 Å². The van der Waals surface area contributed by atoms with Crippen molar-refractivity contribution in [2.45, 2.75) is 12.3 Å². The SMILES string of the molecule is CC(c1ccc([N+](=O)[O-])cc1)(c1c[nH]c2ccccc12)c1c[nH]c2ccccc12. The van der Waals surface area contributed by atoms with Crippen molar-refractivity contribution in [2.75, 3.05) is 0 Å². The van der Waals surface area contributed by atoms with Gasteiger partial charge in [0.15, 0.2) is 0 Å². The third-order valence-corrected chi connectivity index (χ3v) is 5.91. The molecule has 0 spiro atoms. The van der Waals surface area contributed by atoms with E-state index in [9.17, 15) is 10.1 Å². The van der Waals surface area contributed by atoms with E-state index in [4.69, 9.17) is 0 Å². The normalized spacial score (nSPS) is 11.9. The van der Waals surface area contributed by atoms with Gasteiger partial charge in [-0.2, -0.15) is 0 Å². The van der Waals surface area contributed by atoms with Crippen LogP contribution in [0.1, 0.15) is 23.6 Å². The molecule has 142 valence electrons. The molecule has 0 saturated carbocycles. The minimum Gasteiger partial charge on any atom is -0.361 e. The molecule has 0 saturated heterocycles. The van der Waals surface area contributed by atoms with Crippen molar-refractivity contribution >= 4 is 27.5 Å². The molecule has 5 nitrogen and oxygen atoms in total. The third-order valence-electron chi connectivity index (χ3n) is 5.91. The lowest BCUT2D eigenvalue weighted by molar-refractivity contribution is -0.384. The van der Waals surface area contributed by atoms with E-state index < -0.39 is 5.41 Å². The first-order valence-electron chi connectivity index (χ1n) is 9.47. The number of benzene rings is 3. The number of nitrogens with zero attached hydrogens (tertiary/aromatic N) is 1. The number of fused-ring (bicyclic) bond motifs is 2. The lowest BCUT2D eigenvalue weighted by Gasteiger charge is -2.30. The van der Waals surface area contributed by atoms with E-state index in [1.165, 1.54) is 0 Å². The molecule has 0 aliphatic carbocycles. The third kappa shape index (κ3) is 2.55. The van der Waals surface area contributed by atoms with Crippen LogP contribution in [0.5, 0.6) is 0 Å². The number of non-ortho nitro benzene ring substituents is 1. The lowest BCUT2D eigenvalue weighted by Crippen LogP contribution is -2.24. The van der Waals surface area contributed by atoms with Gasteiger partial charge in [0.25, 0.3) is 5.69 Å². The standard InChI is InChI=1S/C24H19N3O2/c1-24(16-10-12-17(13-11-16)27(28)29,20-14-25-22-8-4-2-6-18(20)22)21-15-26-23-9-5-3-7-19(21)23/h2-15,25-26H,1H3. The number of H-pyrrole nitrogens is 2. The van der Waals surface area contributed by atoms with E-state index >= 15 is 0 Å². The summed E-state index contributed by atoms with van der Waals surface area (Å²) in [4.78, 5) is 17.6. The average Bonchev–Trinajstić information content (AvgIpc) is 3.38. The molecule has 29 heavy (non-hydrogen) atoms. The van der Waals surface area contributed by atoms with Crippen LogP contribution in [0.25, 0.3) is 21.8 Å². The molecule has 0 radical (unpaired) electrons. The summed E-state index contributed by atoms with van der Waals surface area (Å²) in [6.07, 6.45) is 4.10. The fourth-order valence-electron chi connectivity index (χ4n) is 4.34. The minimum absolute atomic E-state index is 0.0916. The van der Waals surface area contributed by atoms with E-state index in [-0.39, 0.29) is 10.6 Å². The van der Waals surface area contributed by atoms with Crippen LogP contribution < -0.4 is 0 Å². The van der Waals surface area contributed by atoms with Gasteiger partial charge < -0.3 is 9.97 Å². The van der Waals surface area contributed by atoms with Crippen molar-refractivity contribution < 1.29 is 4.92 Å². The van der Waals surface area contributed by atoms with Crippen LogP contribution in [-0.2, 0) is 5.41 Å². The molecular weight excluding hydrogens is 362 g/mol. The van der Waals surface area contributed by atoms with Gasteiger partial charge in [0, 0.05) is 51.7 Å². The number of nitrogens with one attached hydrogen (secondary N) is 2. The Hall–Kier alpha value is -3.86. The first-order valence-corrected chi connectivity index (χ1v) is 9.47. The maximum absolute atomic E-state index is 11.2. The molecule has 5 heteroatoms. The van der Waals surface area contributed by atoms with Gasteiger partial charge in [0.1, 0.15) is 0 Å². The molecule has 2 aromatic heterocycles. The summed E-state index contributed by atoms with van der Waals surface area (Å²) in [6.45, 7) is 2.18. The molecule has 0 fully saturated rings. The van der Waals surface area contributed by atoms with Gasteiger partial charge >= 0.3 is 0 Å². The number of hydrogen-bond donors (Lipinski definition) is 2. The van der Waals surface area contributed by atoms with E-state index in [0.29, 0.717) is 0 Å². The van der Waals surface area contributed by atoms with E-state index in [1.807, 2.05) is 48.8 Å². The van der Waals surface area contributed by atoms with Crippen LogP contribution in [0, 0.1) is 10.1 Å². The topological polar surface area (TPSA) is 74.7 Å². The zero-order valence-corrected chi connectivity index (χ0v) is 15.8. The van der Waals surface area contributed by atoms with Gasteiger partial charge in [-0.1, -0.05) is 48.5 Å². The smallest absolute Gasteiger partial charge is 0.269 e. The zero-order valence-electron chi connectivity index (χ0n) is 15.8. The average molecular weight is 381 g/mol. The highest BCUT2D eigenvalue weighted by atomic mass is 16.6. The Balaban J connectivity index is 1.83. The maximum Gasteiger partial charge on any atom is 0.269 e. The van der Waals surface area contributed by atoms with Crippen LogP contribution in [-0.4, -0.2) is 14.9 Å². The Morgan fingerprint density at radius 2 is 1.24 bits per heavy atom. The summed E-state index contributed by atoms with van der Waals surface area (Å²) >= 11 is 0. The van der Waals surface area contributed by atoms with Crippen LogP contribution in [0.15, 0.2) is 85.2 Å². The second-order valence-electron chi connectivity index (χ2n) is 7.42. The number of aromatic nitrogens is 2. The lowest BCUT2D eigenvalue weighted by atomic mass is 9.71. The number of rotatable bonds is 4. The first-order chi connectivity index (χ1) is 14.1. The van der Waals surface area contributed by atoms with Gasteiger partial charge in [-0.25, -0.2) is 0 Å². The Bertz CT molecular complexity index is 1270. The van der Waals surface area contributed by atoms with Crippen LogP contribution in [0.3, 0.4) is 0 Å². The van der Waals surface area contributed by atoms with Crippen molar-refractivity contribution in [3.63, 3.8) is 0 Å². The number of nitro groups is 1. The van der Waals surface area contributed by atoms with Gasteiger partial charge in [-0.3, -0.25) is 10.1 Å². The number of hydrogen-bond acceptors (Lipinski definition) is 2. The highest BCUT2D eigenvalue weighted by Crippen LogP contribution is 2.44. The second kappa shape index (κ2) is 6.34. The Morgan fingerprint density at radius 3 is 1.72 bits per heavy atom. The van der Waals surface area contributed by atoms with E-state index in [0.717, 1.165) is 38.5 Å². The summed E-state index contributed by atoms with van der Waals surface area (Å²) in [7, 11) is 0. The molecule has 2 N–H and O–H groups in total. The summed E-state index contributed by atoms with van der Waals surface area (Å²) in [5.41, 5.74) is 4.98. The minimum atomic E-state index is -0.506. The van der Waals surface area contributed by atoms with Gasteiger partial charge in [0.2, 0.25) is 0 Å². The summed E-state index contributed by atoms with van der Waals surface area (Å²) in [6, 6.07) is 23.3. The molecule has 3 aromatic carbocycles. The molecule has 2 heterocycles. The Morgan fingerprint density at radius 1 is 0.759 bits per heavy atom. The molecule has 0 atom stereocenters. The largest absolute Gasteiger partial charge is 0.361 e. The molecule has 0 aliphatic heterocycles. The highest BCUT2D eigenvalue weighted by Gasteiger charge is 2.35. The highest BCUT2D eigenvalue weighted by molar-refractivity contribution is 5.90. The molecule has 0 bridgehead atoms. The van der Waals surface area contributed by atoms with E-state index in [2.05, 4.69) is 41.2 Å². The Kier molecular flexibility index (Phi) is 3.77. The van der Waals surface area contributed by atoms with E-state index in [1.54, 1.807) is 12.1 Å². The van der Waals surface area contributed by atoms with Gasteiger partial charge in [0.05, 0.1) is 4.92 Å². The molecule has 0 unspecified atom stereocenters. The van der Waals surface area contributed by atoms with Crippen molar-refractivity contribution in [3.05, 3.63) is 112 Å². The first kappa shape index (κ1) is 17.3. The summed E-state index contributed by atoms with van der Waals surface area (Å²) < 4.78 is 0. The van der Waals surface area contributed by atoms with Crippen molar-refractivity contribution in [3.8, 4) is 0 Å². The maximum atomic E-state index is 11.2. The molecular formula is C24H19N3O2. The monoisotopic (exact) mass is 381 g/mol. The quantitative estimate of drug-likeness (QED) is 0.300. The summed E-state index contributed by atoms with van der Waals surface area (Å²) in [5.74, 6) is 0. The molecule has 0 amide bonds. The fourth-order valence-corrected chi connectivity index (χ4v) is 4.34. The fraction of sp³-hybridized carbons (Fsp3) is 0.0833. The number of nitro benzene ring substituents is 1. The molecule has 5 rings (SSSR count). The molecule has 5 aromatic rings. The van der Waals surface area contributed by atoms with Crippen LogP contribution in [0.2, 0.25) is 0 Å². The number of aromatic amines is 2. The number of para-hydroxylation sites is 2. The predicted octanol–water partition coefficient (Wildman–Crippen LogP) is 5.91. The Labute approximate surface area is 167 Å². The van der Waals surface area contributed by atoms with Crippen molar-refractivity contribution in [1.82, 2.24) is 9.97 Å². The zero-order chi connectivity index (χ0) is 20.0. The molecule has 0 aliphatic rings. The van der Waals surface area contributed by atoms with Gasteiger partial charge in [-0.05, 0) is 35.7 Å². The van der Waals surface area contributed by atoms with Crippen LogP contribution in [0.4, 0.5) is 5.69 Å². The summed E-state index contributed by atoms with van der Waals surface area (Å²) in [5, 5.41) is 13.4. The van der Waals surface area contributed by atoms with Gasteiger partial charge in [-0.15, -0.1) is 0 Å². The second-order valence-corrected chi connectivity index (χ2v) is 7.42. The van der Waals surface area contributed by atoms with Crippen LogP contribution >= 0.6 is 0 Å². The van der Waals surface area contributed by atoms with Crippen molar-refractivity contribution in [2.24, 2.45) is 0 Å². The predicted molar refractivity (Wildman–Crippen MR) is 115 cm³/mol.